The summed E-state index contributed by atoms with van der Waals surface area (Å²) in [6.07, 6.45) is 3.24. The van der Waals surface area contributed by atoms with E-state index in [-0.39, 0.29) is 11.5 Å². The number of benzene rings is 4. The number of rotatable bonds is 14. The van der Waals surface area contributed by atoms with Crippen molar-refractivity contribution in [2.45, 2.75) is 49.6 Å². The Morgan fingerprint density at radius 2 is 1.65 bits per heavy atom. The highest BCUT2D eigenvalue weighted by atomic mass is 32.2. The van der Waals surface area contributed by atoms with Gasteiger partial charge in [-0.25, -0.2) is 8.42 Å². The van der Waals surface area contributed by atoms with E-state index in [1.165, 1.54) is 0 Å². The summed E-state index contributed by atoms with van der Waals surface area (Å²) in [6.45, 7) is 5.11. The summed E-state index contributed by atoms with van der Waals surface area (Å²) >= 11 is 0. The number of ether oxygens (including phenoxy) is 2. The number of aromatic nitrogens is 1. The van der Waals surface area contributed by atoms with E-state index in [1.807, 2.05) is 42.5 Å². The zero-order chi connectivity index (χ0) is 31.9. The lowest BCUT2D eigenvalue weighted by Gasteiger charge is -2.34. The molecule has 0 radical (unpaired) electrons. The van der Waals surface area contributed by atoms with Crippen LogP contribution in [0.2, 0.25) is 0 Å². The van der Waals surface area contributed by atoms with Crippen LogP contribution in [0.15, 0.2) is 95.9 Å². The van der Waals surface area contributed by atoms with Crippen molar-refractivity contribution in [3.63, 3.8) is 0 Å². The number of aromatic amines is 1. The first kappa shape index (κ1) is 31.7. The van der Waals surface area contributed by atoms with Crippen LogP contribution in [0.5, 0.6) is 11.5 Å². The molecular formula is C36H42N4O5S. The van der Waals surface area contributed by atoms with Crippen LogP contribution < -0.4 is 24.4 Å². The Morgan fingerprint density at radius 1 is 0.913 bits per heavy atom. The third kappa shape index (κ3) is 7.58. The average molecular weight is 643 g/mol. The first-order valence-corrected chi connectivity index (χ1v) is 17.5. The monoisotopic (exact) mass is 642 g/mol. The van der Waals surface area contributed by atoms with Gasteiger partial charge in [0.25, 0.3) is 10.0 Å². The SMILES string of the molecule is CCCCOc1ccc(S(=O)(=O)Nc2ccc(N3CCC(NCC(O)COc4cccc5[nH]c6ccccc6c45)CC3)cc2)cc1. The quantitative estimate of drug-likeness (QED) is 0.105. The minimum Gasteiger partial charge on any atom is -0.494 e. The van der Waals surface area contributed by atoms with Gasteiger partial charge in [-0.05, 0) is 86.0 Å². The fourth-order valence-corrected chi connectivity index (χ4v) is 6.94. The molecule has 5 aromatic rings. The van der Waals surface area contributed by atoms with Crippen molar-refractivity contribution >= 4 is 43.2 Å². The van der Waals surface area contributed by atoms with Gasteiger partial charge in [-0.15, -0.1) is 0 Å². The highest BCUT2D eigenvalue weighted by Gasteiger charge is 2.21. The number of aliphatic hydroxyl groups is 1. The van der Waals surface area contributed by atoms with Gasteiger partial charge in [0.1, 0.15) is 24.2 Å². The van der Waals surface area contributed by atoms with Gasteiger partial charge >= 0.3 is 0 Å². The van der Waals surface area contributed by atoms with Gasteiger partial charge < -0.3 is 29.8 Å². The van der Waals surface area contributed by atoms with Gasteiger partial charge in [0, 0.05) is 53.3 Å². The minimum absolute atomic E-state index is 0.192. The lowest BCUT2D eigenvalue weighted by Crippen LogP contribution is -2.45. The molecule has 4 N–H and O–H groups in total. The fraction of sp³-hybridized carbons (Fsp3) is 0.333. The molecule has 1 aliphatic rings. The molecule has 242 valence electrons. The molecule has 1 aromatic heterocycles. The molecule has 2 heterocycles. The summed E-state index contributed by atoms with van der Waals surface area (Å²) in [5.74, 6) is 1.43. The van der Waals surface area contributed by atoms with Gasteiger partial charge in [0.2, 0.25) is 0 Å². The van der Waals surface area contributed by atoms with E-state index >= 15 is 0 Å². The Labute approximate surface area is 270 Å². The second kappa shape index (κ2) is 14.5. The number of para-hydroxylation sites is 1. The third-order valence-electron chi connectivity index (χ3n) is 8.45. The van der Waals surface area contributed by atoms with Gasteiger partial charge in [0.05, 0.1) is 17.0 Å². The number of sulfonamides is 1. The number of H-pyrrole nitrogens is 1. The smallest absolute Gasteiger partial charge is 0.261 e. The number of anilines is 2. The lowest BCUT2D eigenvalue weighted by atomic mass is 10.0. The first-order chi connectivity index (χ1) is 22.4. The molecule has 6 rings (SSSR count). The standard InChI is InChI=1S/C36H42N4O5S/c1-2-3-23-44-30-15-17-31(18-16-30)46(42,43)39-27-11-13-28(14-12-27)40-21-19-26(20-22-40)37-24-29(41)25-45-35-10-6-9-34-36(35)32-7-4-5-8-33(32)38-34/h4-18,26,29,37-39,41H,2-3,19-25H2,1H3. The molecule has 0 bridgehead atoms. The van der Waals surface area contributed by atoms with Gasteiger partial charge in [-0.2, -0.15) is 0 Å². The van der Waals surface area contributed by atoms with E-state index in [0.717, 1.165) is 72.0 Å². The summed E-state index contributed by atoms with van der Waals surface area (Å²) in [6, 6.07) is 28.4. The Balaban J connectivity index is 0.945. The average Bonchev–Trinajstić information content (AvgIpc) is 3.47. The van der Waals surface area contributed by atoms with Crippen molar-refractivity contribution < 1.29 is 23.0 Å². The molecule has 1 fully saturated rings. The zero-order valence-electron chi connectivity index (χ0n) is 26.1. The van der Waals surface area contributed by atoms with Crippen molar-refractivity contribution in [3.8, 4) is 11.5 Å². The van der Waals surface area contributed by atoms with Crippen LogP contribution in [0.3, 0.4) is 0 Å². The molecule has 1 unspecified atom stereocenters. The van der Waals surface area contributed by atoms with Crippen molar-refractivity contribution in [1.82, 2.24) is 10.3 Å². The molecule has 0 amide bonds. The third-order valence-corrected chi connectivity index (χ3v) is 9.84. The van der Waals surface area contributed by atoms with E-state index in [2.05, 4.69) is 39.0 Å². The molecule has 10 heteroatoms. The van der Waals surface area contributed by atoms with E-state index in [9.17, 15) is 13.5 Å². The first-order valence-electron chi connectivity index (χ1n) is 16.0. The maximum Gasteiger partial charge on any atom is 0.261 e. The number of unbranched alkanes of at least 4 members (excludes halogenated alkanes) is 1. The Hall–Kier alpha value is -4.25. The fourth-order valence-electron chi connectivity index (χ4n) is 5.88. The molecule has 0 saturated carbocycles. The number of aliphatic hydroxyl groups excluding tert-OH is 1. The number of nitrogens with one attached hydrogen (secondary N) is 3. The number of nitrogens with zero attached hydrogens (tertiary/aromatic N) is 1. The number of piperidine rings is 1. The highest BCUT2D eigenvalue weighted by Crippen LogP contribution is 2.33. The van der Waals surface area contributed by atoms with Crippen molar-refractivity contribution in [2.75, 3.05) is 42.5 Å². The van der Waals surface area contributed by atoms with E-state index in [1.54, 1.807) is 36.4 Å². The van der Waals surface area contributed by atoms with Crippen molar-refractivity contribution in [2.24, 2.45) is 0 Å². The van der Waals surface area contributed by atoms with Gasteiger partial charge in [-0.3, -0.25) is 4.72 Å². The van der Waals surface area contributed by atoms with E-state index in [0.29, 0.717) is 30.6 Å². The predicted octanol–water partition coefficient (Wildman–Crippen LogP) is 6.30. The predicted molar refractivity (Wildman–Crippen MR) is 185 cm³/mol. The summed E-state index contributed by atoms with van der Waals surface area (Å²) in [5.41, 5.74) is 3.65. The summed E-state index contributed by atoms with van der Waals surface area (Å²) in [5, 5.41) is 16.3. The van der Waals surface area contributed by atoms with Gasteiger partial charge in [-0.1, -0.05) is 37.6 Å². The molecule has 1 atom stereocenters. The number of hydrogen-bond acceptors (Lipinski definition) is 7. The van der Waals surface area contributed by atoms with Crippen LogP contribution >= 0.6 is 0 Å². The van der Waals surface area contributed by atoms with Crippen LogP contribution in [0.4, 0.5) is 11.4 Å². The topological polar surface area (TPSA) is 116 Å². The molecule has 1 saturated heterocycles. The van der Waals surface area contributed by atoms with Crippen LogP contribution in [0, 0.1) is 0 Å². The molecule has 0 aliphatic carbocycles. The second-order valence-corrected chi connectivity index (χ2v) is 13.5. The van der Waals surface area contributed by atoms with Crippen LogP contribution in [-0.2, 0) is 10.0 Å². The zero-order valence-corrected chi connectivity index (χ0v) is 26.9. The molecule has 9 nitrogen and oxygen atoms in total. The maximum absolute atomic E-state index is 12.9. The number of fused-ring (bicyclic) bond motifs is 3. The van der Waals surface area contributed by atoms with Crippen molar-refractivity contribution in [3.05, 3.63) is 91.0 Å². The van der Waals surface area contributed by atoms with Crippen LogP contribution in [0.25, 0.3) is 21.8 Å². The Kier molecular flexibility index (Phi) is 9.97. The summed E-state index contributed by atoms with van der Waals surface area (Å²) in [7, 11) is -3.71. The molecular weight excluding hydrogens is 600 g/mol. The molecule has 46 heavy (non-hydrogen) atoms. The molecule has 0 spiro atoms. The summed E-state index contributed by atoms with van der Waals surface area (Å²) < 4.78 is 40.2. The van der Waals surface area contributed by atoms with Crippen LogP contribution in [-0.4, -0.2) is 63.5 Å². The second-order valence-electron chi connectivity index (χ2n) is 11.8. The Morgan fingerprint density at radius 3 is 2.41 bits per heavy atom. The normalized spacial score (nSPS) is 14.9. The largest absolute Gasteiger partial charge is 0.494 e. The molecule has 1 aliphatic heterocycles. The summed E-state index contributed by atoms with van der Waals surface area (Å²) in [4.78, 5) is 5.92. The van der Waals surface area contributed by atoms with E-state index in [4.69, 9.17) is 9.47 Å². The van der Waals surface area contributed by atoms with Crippen LogP contribution in [0.1, 0.15) is 32.6 Å². The highest BCUT2D eigenvalue weighted by molar-refractivity contribution is 7.92. The number of hydrogen-bond donors (Lipinski definition) is 4. The maximum atomic E-state index is 12.9. The van der Waals surface area contributed by atoms with Gasteiger partial charge in [0.15, 0.2) is 0 Å². The minimum atomic E-state index is -3.71. The Bertz CT molecular complexity index is 1830. The lowest BCUT2D eigenvalue weighted by molar-refractivity contribution is 0.103. The van der Waals surface area contributed by atoms with Crippen molar-refractivity contribution in [1.29, 1.82) is 0 Å². The molecule has 4 aromatic carbocycles. The van der Waals surface area contributed by atoms with E-state index < -0.39 is 16.1 Å².